The minimum absolute atomic E-state index is 0.339. The molecule has 0 aliphatic heterocycles. The van der Waals surface area contributed by atoms with Crippen molar-refractivity contribution in [3.63, 3.8) is 0 Å². The van der Waals surface area contributed by atoms with Crippen molar-refractivity contribution >= 4 is 17.6 Å². The second-order valence-corrected chi connectivity index (χ2v) is 6.24. The van der Waals surface area contributed by atoms with E-state index < -0.39 is 12.1 Å². The third-order valence-electron chi connectivity index (χ3n) is 4.31. The summed E-state index contributed by atoms with van der Waals surface area (Å²) in [5.74, 6) is -0.801. The third kappa shape index (κ3) is 3.65. The van der Waals surface area contributed by atoms with Crippen LogP contribution in [-0.2, 0) is 22.4 Å². The molecule has 0 saturated carbocycles. The monoisotopic (exact) mass is 323 g/mol. The predicted octanol–water partition coefficient (Wildman–Crippen LogP) is 3.67. The molecule has 0 unspecified atom stereocenters. The predicted molar refractivity (Wildman–Crippen MR) is 93.2 cm³/mol. The maximum Gasteiger partial charge on any atom is 0.338 e. The number of hydrogen-bond acceptors (Lipinski definition) is 3. The molecular weight excluding hydrogens is 302 g/mol. The lowest BCUT2D eigenvalue weighted by Crippen LogP contribution is -2.30. The summed E-state index contributed by atoms with van der Waals surface area (Å²) in [6.45, 7) is 3.56. The van der Waals surface area contributed by atoms with Gasteiger partial charge in [0.25, 0.3) is 5.91 Å². The Bertz CT molecular complexity index is 765. The largest absolute Gasteiger partial charge is 0.449 e. The van der Waals surface area contributed by atoms with Crippen LogP contribution in [0.15, 0.2) is 42.5 Å². The summed E-state index contributed by atoms with van der Waals surface area (Å²) in [6.07, 6.45) is 2.34. The molecule has 4 heteroatoms. The molecule has 1 amide bonds. The number of benzene rings is 2. The maximum absolute atomic E-state index is 12.3. The summed E-state index contributed by atoms with van der Waals surface area (Å²) in [4.78, 5) is 24.4. The van der Waals surface area contributed by atoms with Gasteiger partial charge in [-0.25, -0.2) is 4.79 Å². The first-order valence-corrected chi connectivity index (χ1v) is 8.23. The summed E-state index contributed by atoms with van der Waals surface area (Å²) < 4.78 is 5.30. The van der Waals surface area contributed by atoms with Crippen molar-refractivity contribution in [3.8, 4) is 0 Å². The highest BCUT2D eigenvalue weighted by atomic mass is 16.5. The summed E-state index contributed by atoms with van der Waals surface area (Å²) in [6, 6.07) is 13.1. The molecule has 1 aliphatic rings. The van der Waals surface area contributed by atoms with Crippen molar-refractivity contribution in [2.75, 3.05) is 5.32 Å². The zero-order valence-corrected chi connectivity index (χ0v) is 14.0. The number of rotatable bonds is 4. The number of esters is 1. The second kappa shape index (κ2) is 6.87. The van der Waals surface area contributed by atoms with Crippen molar-refractivity contribution in [2.45, 2.75) is 39.2 Å². The smallest absolute Gasteiger partial charge is 0.338 e. The first-order chi connectivity index (χ1) is 11.5. The van der Waals surface area contributed by atoms with Crippen LogP contribution in [0, 0.1) is 6.92 Å². The van der Waals surface area contributed by atoms with Gasteiger partial charge >= 0.3 is 5.97 Å². The Kier molecular flexibility index (Phi) is 4.65. The third-order valence-corrected chi connectivity index (χ3v) is 4.31. The van der Waals surface area contributed by atoms with Crippen LogP contribution in [0.4, 0.5) is 5.69 Å². The van der Waals surface area contributed by atoms with E-state index in [4.69, 9.17) is 4.74 Å². The molecular formula is C20H21NO3. The van der Waals surface area contributed by atoms with Crippen LogP contribution in [0.3, 0.4) is 0 Å². The molecule has 0 radical (unpaired) electrons. The van der Waals surface area contributed by atoms with Gasteiger partial charge in [0.2, 0.25) is 0 Å². The van der Waals surface area contributed by atoms with Crippen molar-refractivity contribution in [3.05, 3.63) is 64.7 Å². The van der Waals surface area contributed by atoms with Gasteiger partial charge in [0, 0.05) is 5.69 Å². The van der Waals surface area contributed by atoms with Crippen LogP contribution in [0.1, 0.15) is 40.4 Å². The highest BCUT2D eigenvalue weighted by Crippen LogP contribution is 2.23. The summed E-state index contributed by atoms with van der Waals surface area (Å²) in [5.41, 5.74) is 4.82. The van der Waals surface area contributed by atoms with Gasteiger partial charge in [-0.2, -0.15) is 0 Å². The van der Waals surface area contributed by atoms with Crippen molar-refractivity contribution in [2.24, 2.45) is 0 Å². The zero-order chi connectivity index (χ0) is 17.1. The van der Waals surface area contributed by atoms with E-state index in [0.717, 1.165) is 24.8 Å². The van der Waals surface area contributed by atoms with Gasteiger partial charge in [0.1, 0.15) is 0 Å². The van der Waals surface area contributed by atoms with E-state index in [-0.39, 0.29) is 5.91 Å². The number of carbonyl (C=O) groups excluding carboxylic acids is 2. The number of carbonyl (C=O) groups is 2. The highest BCUT2D eigenvalue weighted by molar-refractivity contribution is 5.97. The second-order valence-electron chi connectivity index (χ2n) is 6.24. The molecule has 4 nitrogen and oxygen atoms in total. The van der Waals surface area contributed by atoms with E-state index in [1.807, 2.05) is 43.3 Å². The van der Waals surface area contributed by atoms with Gasteiger partial charge in [-0.15, -0.1) is 0 Å². The molecule has 24 heavy (non-hydrogen) atoms. The van der Waals surface area contributed by atoms with E-state index >= 15 is 0 Å². The topological polar surface area (TPSA) is 55.4 Å². The zero-order valence-electron chi connectivity index (χ0n) is 14.0. The summed E-state index contributed by atoms with van der Waals surface area (Å²) in [7, 11) is 0. The molecule has 0 spiro atoms. The Hall–Kier alpha value is -2.62. The molecule has 0 bridgehead atoms. The van der Waals surface area contributed by atoms with E-state index in [1.54, 1.807) is 13.0 Å². The van der Waals surface area contributed by atoms with Crippen LogP contribution >= 0.6 is 0 Å². The number of aryl methyl sites for hydroxylation is 3. The van der Waals surface area contributed by atoms with Crippen LogP contribution in [0.5, 0.6) is 0 Å². The number of hydrogen-bond donors (Lipinski definition) is 1. The molecule has 2 aromatic carbocycles. The Morgan fingerprint density at radius 3 is 2.50 bits per heavy atom. The standard InChI is InChI=1S/C20H21NO3/c1-13-6-10-18(11-7-13)21-19(22)14(2)24-20(23)17-9-8-15-4-3-5-16(15)12-17/h6-12,14H,3-5H2,1-2H3,(H,21,22)/t14-/m0/s1. The van der Waals surface area contributed by atoms with Gasteiger partial charge in [0.15, 0.2) is 6.10 Å². The fourth-order valence-electron chi connectivity index (χ4n) is 2.86. The molecule has 0 heterocycles. The van der Waals surface area contributed by atoms with Gasteiger partial charge < -0.3 is 10.1 Å². The molecule has 124 valence electrons. The quantitative estimate of drug-likeness (QED) is 0.874. The Balaban J connectivity index is 1.61. The van der Waals surface area contributed by atoms with Crippen LogP contribution in [0.2, 0.25) is 0 Å². The van der Waals surface area contributed by atoms with Crippen LogP contribution in [-0.4, -0.2) is 18.0 Å². The van der Waals surface area contributed by atoms with Crippen molar-refractivity contribution in [1.29, 1.82) is 0 Å². The van der Waals surface area contributed by atoms with E-state index in [9.17, 15) is 9.59 Å². The van der Waals surface area contributed by atoms with Gasteiger partial charge in [-0.3, -0.25) is 4.79 Å². The lowest BCUT2D eigenvalue weighted by atomic mass is 10.1. The summed E-state index contributed by atoms with van der Waals surface area (Å²) in [5, 5.41) is 2.75. The van der Waals surface area contributed by atoms with E-state index in [1.165, 1.54) is 11.1 Å². The van der Waals surface area contributed by atoms with Gasteiger partial charge in [0.05, 0.1) is 5.56 Å². The van der Waals surface area contributed by atoms with Crippen LogP contribution in [0.25, 0.3) is 0 Å². The van der Waals surface area contributed by atoms with Gasteiger partial charge in [-0.1, -0.05) is 23.8 Å². The molecule has 0 saturated heterocycles. The molecule has 1 atom stereocenters. The number of amides is 1. The molecule has 0 aromatic heterocycles. The fraction of sp³-hybridized carbons (Fsp3) is 0.300. The lowest BCUT2D eigenvalue weighted by molar-refractivity contribution is -0.123. The first kappa shape index (κ1) is 16.2. The lowest BCUT2D eigenvalue weighted by Gasteiger charge is -2.14. The minimum atomic E-state index is -0.855. The van der Waals surface area contributed by atoms with Crippen molar-refractivity contribution < 1.29 is 14.3 Å². The molecule has 1 aliphatic carbocycles. The Morgan fingerprint density at radius 1 is 1.04 bits per heavy atom. The van der Waals surface area contributed by atoms with Crippen LogP contribution < -0.4 is 5.32 Å². The normalized spacial score (nSPS) is 13.9. The fourth-order valence-corrected chi connectivity index (χ4v) is 2.86. The SMILES string of the molecule is Cc1ccc(NC(=O)[C@H](C)OC(=O)c2ccc3c(c2)CCC3)cc1. The highest BCUT2D eigenvalue weighted by Gasteiger charge is 2.20. The first-order valence-electron chi connectivity index (χ1n) is 8.23. The van der Waals surface area contributed by atoms with E-state index in [2.05, 4.69) is 5.32 Å². The number of ether oxygens (including phenoxy) is 1. The molecule has 2 aromatic rings. The average Bonchev–Trinajstić information content (AvgIpc) is 3.04. The average molecular weight is 323 g/mol. The van der Waals surface area contributed by atoms with Crippen molar-refractivity contribution in [1.82, 2.24) is 0 Å². The number of anilines is 1. The number of nitrogens with one attached hydrogen (secondary N) is 1. The molecule has 3 rings (SSSR count). The Morgan fingerprint density at radius 2 is 1.75 bits per heavy atom. The minimum Gasteiger partial charge on any atom is -0.449 e. The maximum atomic E-state index is 12.3. The molecule has 0 fully saturated rings. The number of fused-ring (bicyclic) bond motifs is 1. The van der Waals surface area contributed by atoms with Gasteiger partial charge in [-0.05, 0) is 68.5 Å². The Labute approximate surface area is 141 Å². The summed E-state index contributed by atoms with van der Waals surface area (Å²) >= 11 is 0. The van der Waals surface area contributed by atoms with E-state index in [0.29, 0.717) is 11.3 Å². The molecule has 1 N–H and O–H groups in total.